The number of anilines is 1. The maximum Gasteiger partial charge on any atom is 0.255 e. The van der Waals surface area contributed by atoms with Gasteiger partial charge in [-0.25, -0.2) is 0 Å². The lowest BCUT2D eigenvalue weighted by Gasteiger charge is -2.11. The van der Waals surface area contributed by atoms with Gasteiger partial charge in [0.05, 0.1) is 0 Å². The van der Waals surface area contributed by atoms with E-state index in [4.69, 9.17) is 0 Å². The summed E-state index contributed by atoms with van der Waals surface area (Å²) in [5.41, 5.74) is 1.87. The van der Waals surface area contributed by atoms with Crippen molar-refractivity contribution in [1.29, 1.82) is 0 Å². The Hall–Kier alpha value is -2.53. The highest BCUT2D eigenvalue weighted by molar-refractivity contribution is 6.05. The zero-order valence-electron chi connectivity index (χ0n) is 11.8. The van der Waals surface area contributed by atoms with Crippen molar-refractivity contribution in [2.45, 2.75) is 13.5 Å². The van der Waals surface area contributed by atoms with Gasteiger partial charge in [-0.1, -0.05) is 25.1 Å². The summed E-state index contributed by atoms with van der Waals surface area (Å²) < 4.78 is 0. The summed E-state index contributed by atoms with van der Waals surface area (Å²) in [6, 6.07) is 11.3. The number of carbonyl (C=O) groups excluding carboxylic acids is 1. The summed E-state index contributed by atoms with van der Waals surface area (Å²) in [5.74, 6) is -0.688. The number of hydrogen-bond acceptors (Lipinski definition) is 4. The van der Waals surface area contributed by atoms with E-state index in [0.717, 1.165) is 12.1 Å². The number of hydrogen-bond donors (Lipinski definition) is 4. The summed E-state index contributed by atoms with van der Waals surface area (Å²) in [6.45, 7) is 3.50. The number of rotatable bonds is 5. The lowest BCUT2D eigenvalue weighted by molar-refractivity contribution is 0.102. The molecule has 0 atom stereocenters. The Bertz CT molecular complexity index is 621. The maximum atomic E-state index is 12.2. The molecule has 4 N–H and O–H groups in total. The predicted octanol–water partition coefficient (Wildman–Crippen LogP) is 2.46. The third-order valence-electron chi connectivity index (χ3n) is 3.00. The average molecular weight is 286 g/mol. The van der Waals surface area contributed by atoms with Crippen LogP contribution in [0.2, 0.25) is 0 Å². The fraction of sp³-hybridized carbons (Fsp3) is 0.188. The molecule has 2 aromatic carbocycles. The first-order valence-corrected chi connectivity index (χ1v) is 6.73. The van der Waals surface area contributed by atoms with Crippen LogP contribution in [0.3, 0.4) is 0 Å². The molecule has 0 saturated carbocycles. The van der Waals surface area contributed by atoms with Gasteiger partial charge in [-0.05, 0) is 30.3 Å². The van der Waals surface area contributed by atoms with Gasteiger partial charge in [0.15, 0.2) is 0 Å². The van der Waals surface area contributed by atoms with Crippen molar-refractivity contribution in [2.24, 2.45) is 0 Å². The van der Waals surface area contributed by atoms with Crippen molar-refractivity contribution in [3.05, 3.63) is 53.6 Å². The Balaban J connectivity index is 2.19. The number of para-hydroxylation sites is 1. The maximum absolute atomic E-state index is 12.2. The fourth-order valence-corrected chi connectivity index (χ4v) is 1.98. The molecule has 0 aromatic heterocycles. The van der Waals surface area contributed by atoms with Crippen molar-refractivity contribution >= 4 is 11.6 Å². The van der Waals surface area contributed by atoms with Gasteiger partial charge in [0, 0.05) is 23.9 Å². The molecule has 0 aliphatic carbocycles. The second-order valence-corrected chi connectivity index (χ2v) is 4.63. The first-order valence-electron chi connectivity index (χ1n) is 6.73. The molecule has 2 aromatic rings. The van der Waals surface area contributed by atoms with E-state index in [1.165, 1.54) is 18.2 Å². The van der Waals surface area contributed by atoms with E-state index >= 15 is 0 Å². The fourth-order valence-electron chi connectivity index (χ4n) is 1.98. The Labute approximate surface area is 123 Å². The van der Waals surface area contributed by atoms with Crippen LogP contribution in [0, 0.1) is 0 Å². The van der Waals surface area contributed by atoms with Crippen molar-refractivity contribution < 1.29 is 15.0 Å². The first kappa shape index (κ1) is 14.9. The summed E-state index contributed by atoms with van der Waals surface area (Å²) in [6.07, 6.45) is 0. The Morgan fingerprint density at radius 2 is 1.76 bits per heavy atom. The summed E-state index contributed by atoms with van der Waals surface area (Å²) in [5, 5.41) is 24.9. The predicted molar refractivity (Wildman–Crippen MR) is 81.5 cm³/mol. The molecule has 110 valence electrons. The molecule has 21 heavy (non-hydrogen) atoms. The molecule has 0 aliphatic rings. The summed E-state index contributed by atoms with van der Waals surface area (Å²) in [4.78, 5) is 12.2. The number of nitrogens with one attached hydrogen (secondary N) is 2. The van der Waals surface area contributed by atoms with Crippen LogP contribution in [0.1, 0.15) is 22.8 Å². The van der Waals surface area contributed by atoms with E-state index in [1.54, 1.807) is 0 Å². The second kappa shape index (κ2) is 6.76. The van der Waals surface area contributed by atoms with Gasteiger partial charge in [-0.15, -0.1) is 0 Å². The van der Waals surface area contributed by atoms with Crippen molar-refractivity contribution in [2.75, 3.05) is 11.9 Å². The molecule has 0 bridgehead atoms. The lowest BCUT2D eigenvalue weighted by Crippen LogP contribution is -2.17. The van der Waals surface area contributed by atoms with E-state index in [-0.39, 0.29) is 23.0 Å². The monoisotopic (exact) mass is 286 g/mol. The Morgan fingerprint density at radius 1 is 1.10 bits per heavy atom. The average Bonchev–Trinajstić information content (AvgIpc) is 2.45. The standard InChI is InChI=1S/C16H18N2O3/c1-2-17-10-11-5-3-4-6-15(11)18-16(21)12-7-13(19)9-14(20)8-12/h3-9,17,19-20H,2,10H2,1H3,(H,18,21). The zero-order chi connectivity index (χ0) is 15.2. The SMILES string of the molecule is CCNCc1ccccc1NC(=O)c1cc(O)cc(O)c1. The van der Waals surface area contributed by atoms with E-state index < -0.39 is 0 Å². The molecular weight excluding hydrogens is 268 g/mol. The van der Waals surface area contributed by atoms with Crippen LogP contribution in [0.15, 0.2) is 42.5 Å². The van der Waals surface area contributed by atoms with Crippen LogP contribution < -0.4 is 10.6 Å². The third-order valence-corrected chi connectivity index (χ3v) is 3.00. The van der Waals surface area contributed by atoms with Gasteiger partial charge in [-0.2, -0.15) is 0 Å². The normalized spacial score (nSPS) is 10.3. The smallest absolute Gasteiger partial charge is 0.255 e. The molecule has 0 fully saturated rings. The quantitative estimate of drug-likeness (QED) is 0.680. The molecule has 0 radical (unpaired) electrons. The Kier molecular flexibility index (Phi) is 4.79. The topological polar surface area (TPSA) is 81.6 Å². The number of phenols is 2. The molecule has 2 rings (SSSR count). The van der Waals surface area contributed by atoms with Crippen LogP contribution in [0.5, 0.6) is 11.5 Å². The minimum atomic E-state index is -0.384. The Morgan fingerprint density at radius 3 is 2.43 bits per heavy atom. The molecule has 0 spiro atoms. The van der Waals surface area contributed by atoms with Gasteiger partial charge in [-0.3, -0.25) is 4.79 Å². The van der Waals surface area contributed by atoms with Crippen molar-refractivity contribution in [1.82, 2.24) is 5.32 Å². The van der Waals surface area contributed by atoms with Crippen LogP contribution in [0.4, 0.5) is 5.69 Å². The minimum Gasteiger partial charge on any atom is -0.508 e. The molecular formula is C16H18N2O3. The molecule has 0 aliphatic heterocycles. The number of phenolic OH excluding ortho intramolecular Hbond substituents is 2. The lowest BCUT2D eigenvalue weighted by atomic mass is 10.1. The van der Waals surface area contributed by atoms with E-state index in [1.807, 2.05) is 31.2 Å². The van der Waals surface area contributed by atoms with Gasteiger partial charge in [0.25, 0.3) is 5.91 Å². The highest BCUT2D eigenvalue weighted by Crippen LogP contribution is 2.22. The number of benzene rings is 2. The number of aromatic hydroxyl groups is 2. The van der Waals surface area contributed by atoms with Crippen LogP contribution in [0.25, 0.3) is 0 Å². The summed E-state index contributed by atoms with van der Waals surface area (Å²) >= 11 is 0. The summed E-state index contributed by atoms with van der Waals surface area (Å²) in [7, 11) is 0. The molecule has 0 unspecified atom stereocenters. The zero-order valence-corrected chi connectivity index (χ0v) is 11.8. The van der Waals surface area contributed by atoms with Gasteiger partial charge >= 0.3 is 0 Å². The molecule has 0 saturated heterocycles. The minimum absolute atomic E-state index is 0.152. The van der Waals surface area contributed by atoms with Crippen LogP contribution >= 0.6 is 0 Å². The van der Waals surface area contributed by atoms with Crippen molar-refractivity contribution in [3.8, 4) is 11.5 Å². The highest BCUT2D eigenvalue weighted by Gasteiger charge is 2.10. The van der Waals surface area contributed by atoms with E-state index in [9.17, 15) is 15.0 Å². The first-order chi connectivity index (χ1) is 10.1. The van der Waals surface area contributed by atoms with Gasteiger partial charge in [0.1, 0.15) is 11.5 Å². The van der Waals surface area contributed by atoms with Gasteiger partial charge < -0.3 is 20.8 Å². The number of carbonyl (C=O) groups is 1. The third kappa shape index (κ3) is 3.97. The van der Waals surface area contributed by atoms with E-state index in [2.05, 4.69) is 10.6 Å². The van der Waals surface area contributed by atoms with E-state index in [0.29, 0.717) is 12.2 Å². The highest BCUT2D eigenvalue weighted by atomic mass is 16.3. The number of amides is 1. The molecule has 1 amide bonds. The molecule has 0 heterocycles. The van der Waals surface area contributed by atoms with Crippen LogP contribution in [-0.4, -0.2) is 22.7 Å². The molecule has 5 heteroatoms. The van der Waals surface area contributed by atoms with Crippen LogP contribution in [-0.2, 0) is 6.54 Å². The molecule has 5 nitrogen and oxygen atoms in total. The largest absolute Gasteiger partial charge is 0.508 e. The van der Waals surface area contributed by atoms with Gasteiger partial charge in [0.2, 0.25) is 0 Å². The second-order valence-electron chi connectivity index (χ2n) is 4.63. The van der Waals surface area contributed by atoms with Crippen molar-refractivity contribution in [3.63, 3.8) is 0 Å².